The van der Waals surface area contributed by atoms with Gasteiger partial charge in [-0.25, -0.2) is 5.48 Å². The van der Waals surface area contributed by atoms with E-state index in [1.54, 1.807) is 0 Å². The fraction of sp³-hybridized carbons (Fsp3) is 0.950. The van der Waals surface area contributed by atoms with Crippen molar-refractivity contribution in [3.8, 4) is 0 Å². The molecular weight excluding hydrogens is 572 g/mol. The molecule has 0 spiro atoms. The Morgan fingerprint density at radius 1 is 0.500 bits per heavy atom. The Bertz CT molecular complexity index is 645. The Labute approximate surface area is 287 Å². The van der Waals surface area contributed by atoms with Crippen LogP contribution >= 0.6 is 0 Å². The molecule has 0 aromatic rings. The molecule has 1 unspecified atom stereocenters. The van der Waals surface area contributed by atoms with Crippen LogP contribution in [0, 0.1) is 0 Å². The quantitative estimate of drug-likeness (QED) is 0.0411. The van der Waals surface area contributed by atoms with E-state index in [-0.39, 0.29) is 18.0 Å². The van der Waals surface area contributed by atoms with E-state index in [0.717, 1.165) is 51.7 Å². The van der Waals surface area contributed by atoms with Gasteiger partial charge in [0.15, 0.2) is 0 Å². The fourth-order valence-corrected chi connectivity index (χ4v) is 6.38. The van der Waals surface area contributed by atoms with Crippen LogP contribution in [0.1, 0.15) is 213 Å². The maximum absolute atomic E-state index is 12.5. The van der Waals surface area contributed by atoms with Crippen LogP contribution in [0.2, 0.25) is 0 Å². The van der Waals surface area contributed by atoms with Gasteiger partial charge in [-0.3, -0.25) is 14.4 Å². The predicted molar refractivity (Wildman–Crippen MR) is 197 cm³/mol. The normalized spacial score (nSPS) is 12.1. The van der Waals surface area contributed by atoms with E-state index in [2.05, 4.69) is 31.2 Å². The minimum Gasteiger partial charge on any atom is -0.462 e. The number of esters is 1. The van der Waals surface area contributed by atoms with Gasteiger partial charge < -0.3 is 9.64 Å². The lowest BCUT2D eigenvalue weighted by atomic mass is 10.0. The molecule has 0 fully saturated rings. The van der Waals surface area contributed by atoms with E-state index in [9.17, 15) is 9.59 Å². The molecule has 0 aromatic carbocycles. The molecule has 0 rings (SSSR count). The third kappa shape index (κ3) is 32.8. The summed E-state index contributed by atoms with van der Waals surface area (Å²) < 4.78 is 5.92. The Morgan fingerprint density at radius 3 is 1.39 bits per heavy atom. The van der Waals surface area contributed by atoms with Crippen molar-refractivity contribution >= 4 is 11.9 Å². The maximum atomic E-state index is 12.5. The third-order valence-corrected chi connectivity index (χ3v) is 9.33. The lowest BCUT2D eigenvalue weighted by Crippen LogP contribution is -2.29. The first-order valence-corrected chi connectivity index (χ1v) is 20.3. The Hall–Kier alpha value is -1.14. The van der Waals surface area contributed by atoms with Gasteiger partial charge in [-0.15, -0.1) is 0 Å². The smallest absolute Gasteiger partial charge is 0.306 e. The second-order valence-electron chi connectivity index (χ2n) is 13.9. The number of unbranched alkanes of at least 4 members (excludes halogenated alkanes) is 21. The second kappa shape index (κ2) is 36.7. The summed E-state index contributed by atoms with van der Waals surface area (Å²) in [5.41, 5.74) is 2.44. The van der Waals surface area contributed by atoms with Gasteiger partial charge in [0.1, 0.15) is 6.10 Å². The van der Waals surface area contributed by atoms with Gasteiger partial charge in [0.2, 0.25) is 5.91 Å². The van der Waals surface area contributed by atoms with Crippen LogP contribution in [0.3, 0.4) is 0 Å². The molecule has 1 atom stereocenters. The highest BCUT2D eigenvalue weighted by atomic mass is 16.6. The Kier molecular flexibility index (Phi) is 35.8. The van der Waals surface area contributed by atoms with Gasteiger partial charge in [0, 0.05) is 12.8 Å². The minimum absolute atomic E-state index is 0.0125. The summed E-state index contributed by atoms with van der Waals surface area (Å²) >= 11 is 0. The maximum Gasteiger partial charge on any atom is 0.306 e. The highest BCUT2D eigenvalue weighted by Crippen LogP contribution is 2.17. The van der Waals surface area contributed by atoms with Crippen LogP contribution in [0.5, 0.6) is 0 Å². The number of carbonyl (C=O) groups is 2. The molecule has 1 N–H and O–H groups in total. The zero-order valence-electron chi connectivity index (χ0n) is 31.5. The number of hydrogen-bond acceptors (Lipinski definition) is 5. The van der Waals surface area contributed by atoms with E-state index in [1.807, 2.05) is 0 Å². The zero-order valence-corrected chi connectivity index (χ0v) is 31.5. The molecule has 0 aliphatic heterocycles. The summed E-state index contributed by atoms with van der Waals surface area (Å²) in [6, 6.07) is 0. The van der Waals surface area contributed by atoms with E-state index in [1.165, 1.54) is 155 Å². The third-order valence-electron chi connectivity index (χ3n) is 9.33. The first-order valence-electron chi connectivity index (χ1n) is 20.3. The van der Waals surface area contributed by atoms with E-state index in [4.69, 9.17) is 9.57 Å². The van der Waals surface area contributed by atoms with Crippen molar-refractivity contribution in [1.82, 2.24) is 10.4 Å². The van der Waals surface area contributed by atoms with Gasteiger partial charge >= 0.3 is 5.97 Å². The van der Waals surface area contributed by atoms with Gasteiger partial charge in [-0.1, -0.05) is 149 Å². The molecular formula is C40H80N2O4. The number of nitrogens with zero attached hydrogens (tertiary/aromatic N) is 1. The number of hydrogen-bond donors (Lipinski definition) is 1. The minimum atomic E-state index is -0.0364. The van der Waals surface area contributed by atoms with Crippen LogP contribution in [-0.2, 0) is 19.2 Å². The first kappa shape index (κ1) is 44.9. The number of amides is 1. The van der Waals surface area contributed by atoms with Crippen molar-refractivity contribution in [2.75, 3.05) is 26.7 Å². The van der Waals surface area contributed by atoms with Crippen LogP contribution in [0.4, 0.5) is 0 Å². The highest BCUT2D eigenvalue weighted by molar-refractivity contribution is 5.74. The molecule has 0 saturated heterocycles. The topological polar surface area (TPSA) is 67.9 Å². The molecule has 0 aliphatic rings. The number of hydroxylamine groups is 1. The Balaban J connectivity index is 4.15. The average Bonchev–Trinajstić information content (AvgIpc) is 3.04. The van der Waals surface area contributed by atoms with E-state index < -0.39 is 0 Å². The molecule has 0 radical (unpaired) electrons. The standard InChI is InChI=1S/C40H80N2O4/c1-5-8-11-13-14-15-16-17-18-19-20-23-28-35-42(37-30-33-39(43)41-45-4)36-29-24-21-22-27-34-40(44)46-38(31-25-10-7-3)32-26-12-9-6-2/h38H,5-37H2,1-4H3,(H,41,43). The summed E-state index contributed by atoms with van der Waals surface area (Å²) in [5, 5.41) is 0. The van der Waals surface area contributed by atoms with E-state index >= 15 is 0 Å². The molecule has 0 heterocycles. The van der Waals surface area contributed by atoms with Crippen LogP contribution in [0.25, 0.3) is 0 Å². The predicted octanol–water partition coefficient (Wildman–Crippen LogP) is 11.6. The summed E-state index contributed by atoms with van der Waals surface area (Å²) in [6.07, 6.45) is 36.2. The van der Waals surface area contributed by atoms with Crippen molar-refractivity contribution in [2.24, 2.45) is 0 Å². The fourth-order valence-electron chi connectivity index (χ4n) is 6.38. The van der Waals surface area contributed by atoms with Crippen molar-refractivity contribution in [3.05, 3.63) is 0 Å². The van der Waals surface area contributed by atoms with Crippen molar-refractivity contribution in [3.63, 3.8) is 0 Å². The van der Waals surface area contributed by atoms with Crippen LogP contribution < -0.4 is 5.48 Å². The largest absolute Gasteiger partial charge is 0.462 e. The second-order valence-corrected chi connectivity index (χ2v) is 13.9. The molecule has 1 amide bonds. The average molecular weight is 653 g/mol. The number of nitrogens with one attached hydrogen (secondary N) is 1. The van der Waals surface area contributed by atoms with Crippen LogP contribution in [0.15, 0.2) is 0 Å². The molecule has 274 valence electrons. The summed E-state index contributed by atoms with van der Waals surface area (Å²) in [5.74, 6) is -0.0239. The zero-order chi connectivity index (χ0) is 33.8. The SMILES string of the molecule is CCCCCCCCCCCCCCCN(CCCCCCCC(=O)OC(CCCCC)CCCCCC)CCCC(=O)NOC. The van der Waals surface area contributed by atoms with Gasteiger partial charge in [-0.05, 0) is 71.0 Å². The monoisotopic (exact) mass is 653 g/mol. The molecule has 0 aromatic heterocycles. The van der Waals surface area contributed by atoms with Gasteiger partial charge in [-0.2, -0.15) is 0 Å². The van der Waals surface area contributed by atoms with Crippen molar-refractivity contribution in [1.29, 1.82) is 0 Å². The van der Waals surface area contributed by atoms with Crippen molar-refractivity contribution < 1.29 is 19.2 Å². The van der Waals surface area contributed by atoms with Gasteiger partial charge in [0.05, 0.1) is 7.11 Å². The molecule has 46 heavy (non-hydrogen) atoms. The summed E-state index contributed by atoms with van der Waals surface area (Å²) in [7, 11) is 1.49. The summed E-state index contributed by atoms with van der Waals surface area (Å²) in [4.78, 5) is 31.7. The molecule has 6 heteroatoms. The molecule has 0 saturated carbocycles. The Morgan fingerprint density at radius 2 is 0.891 bits per heavy atom. The highest BCUT2D eigenvalue weighted by Gasteiger charge is 2.14. The van der Waals surface area contributed by atoms with Crippen LogP contribution in [-0.4, -0.2) is 49.6 Å². The number of rotatable bonds is 37. The van der Waals surface area contributed by atoms with Gasteiger partial charge in [0.25, 0.3) is 0 Å². The van der Waals surface area contributed by atoms with E-state index in [0.29, 0.717) is 12.8 Å². The first-order chi connectivity index (χ1) is 22.6. The molecule has 0 aliphatic carbocycles. The lowest BCUT2D eigenvalue weighted by molar-refractivity contribution is -0.150. The number of carbonyl (C=O) groups excluding carboxylic acids is 2. The molecule has 0 bridgehead atoms. The molecule has 6 nitrogen and oxygen atoms in total. The lowest BCUT2D eigenvalue weighted by Gasteiger charge is -2.22. The number of ether oxygens (including phenoxy) is 1. The summed E-state index contributed by atoms with van der Waals surface area (Å²) in [6.45, 7) is 9.96. The van der Waals surface area contributed by atoms with Crippen molar-refractivity contribution in [2.45, 2.75) is 219 Å².